The molecule has 1 heterocycles. The van der Waals surface area contributed by atoms with E-state index in [1.807, 2.05) is 30.7 Å². The number of carbonyl (C=O) groups excluding carboxylic acids is 1. The fourth-order valence-electron chi connectivity index (χ4n) is 1.63. The minimum absolute atomic E-state index is 0.0412. The lowest BCUT2D eigenvalue weighted by Crippen LogP contribution is -2.31. The van der Waals surface area contributed by atoms with E-state index in [4.69, 9.17) is 4.74 Å². The maximum atomic E-state index is 12.0. The third-order valence-electron chi connectivity index (χ3n) is 2.50. The molecular weight excluding hydrogens is 284 g/mol. The van der Waals surface area contributed by atoms with Crippen molar-refractivity contribution in [3.63, 3.8) is 0 Å². The lowest BCUT2D eigenvalue weighted by atomic mass is 10.2. The molecule has 0 aliphatic rings. The number of carbonyl (C=O) groups is 1. The molecule has 4 nitrogen and oxygen atoms in total. The van der Waals surface area contributed by atoms with Gasteiger partial charge in [-0.25, -0.2) is 0 Å². The van der Waals surface area contributed by atoms with Crippen molar-refractivity contribution in [2.75, 3.05) is 20.3 Å². The highest BCUT2D eigenvalue weighted by Gasteiger charge is 2.12. The van der Waals surface area contributed by atoms with Crippen LogP contribution in [0.2, 0.25) is 0 Å². The Bertz CT molecular complexity index is 377. The van der Waals surface area contributed by atoms with Gasteiger partial charge in [-0.3, -0.25) is 4.79 Å². The molecule has 17 heavy (non-hydrogen) atoms. The number of aryl methyl sites for hydroxylation is 1. The van der Waals surface area contributed by atoms with Gasteiger partial charge < -0.3 is 14.6 Å². The lowest BCUT2D eigenvalue weighted by Gasteiger charge is -2.12. The first kappa shape index (κ1) is 14.3. The van der Waals surface area contributed by atoms with Crippen LogP contribution in [0.25, 0.3) is 0 Å². The summed E-state index contributed by atoms with van der Waals surface area (Å²) in [5.41, 5.74) is 0.684. The van der Waals surface area contributed by atoms with E-state index in [9.17, 15) is 4.79 Å². The molecule has 0 aromatic carbocycles. The van der Waals surface area contributed by atoms with Crippen LogP contribution in [0.3, 0.4) is 0 Å². The van der Waals surface area contributed by atoms with Crippen molar-refractivity contribution < 1.29 is 9.53 Å². The molecule has 0 saturated carbocycles. The third-order valence-corrected chi connectivity index (χ3v) is 2.93. The summed E-state index contributed by atoms with van der Waals surface area (Å²) in [5.74, 6) is 0.276. The smallest absolute Gasteiger partial charge is 0.267 e. The number of ether oxygens (including phenoxy) is 1. The standard InChI is InChI=1S/C12H19BrN2O2/c1-4-15-7-10(13)5-11(15)12(16)14-6-9(2)8-17-3/h5,7,9H,4,6,8H2,1-3H3,(H,14,16). The van der Waals surface area contributed by atoms with Crippen molar-refractivity contribution in [2.45, 2.75) is 20.4 Å². The molecule has 1 atom stereocenters. The van der Waals surface area contributed by atoms with Crippen molar-refractivity contribution in [1.29, 1.82) is 0 Å². The molecule has 0 spiro atoms. The van der Waals surface area contributed by atoms with Crippen LogP contribution in [0, 0.1) is 5.92 Å². The number of hydrogen-bond donors (Lipinski definition) is 1. The van der Waals surface area contributed by atoms with Gasteiger partial charge in [-0.05, 0) is 34.8 Å². The average Bonchev–Trinajstić information content (AvgIpc) is 2.68. The zero-order chi connectivity index (χ0) is 12.8. The molecule has 1 aromatic rings. The van der Waals surface area contributed by atoms with Crippen molar-refractivity contribution in [3.05, 3.63) is 22.4 Å². The number of hydrogen-bond acceptors (Lipinski definition) is 2. The number of rotatable bonds is 6. The molecular formula is C12H19BrN2O2. The van der Waals surface area contributed by atoms with E-state index < -0.39 is 0 Å². The summed E-state index contributed by atoms with van der Waals surface area (Å²) < 4.78 is 7.87. The Labute approximate surface area is 110 Å². The predicted molar refractivity (Wildman–Crippen MR) is 71.2 cm³/mol. The number of nitrogens with zero attached hydrogens (tertiary/aromatic N) is 1. The fraction of sp³-hybridized carbons (Fsp3) is 0.583. The number of methoxy groups -OCH3 is 1. The summed E-state index contributed by atoms with van der Waals surface area (Å²) in [4.78, 5) is 12.0. The van der Waals surface area contributed by atoms with Gasteiger partial charge in [-0.1, -0.05) is 6.92 Å². The van der Waals surface area contributed by atoms with Gasteiger partial charge in [0, 0.05) is 30.9 Å². The minimum atomic E-state index is -0.0412. The van der Waals surface area contributed by atoms with Crippen LogP contribution in [0.4, 0.5) is 0 Å². The van der Waals surface area contributed by atoms with Gasteiger partial charge in [0.25, 0.3) is 5.91 Å². The Balaban J connectivity index is 2.57. The summed E-state index contributed by atoms with van der Waals surface area (Å²) in [6.07, 6.45) is 1.91. The normalized spacial score (nSPS) is 12.5. The summed E-state index contributed by atoms with van der Waals surface area (Å²) in [6.45, 7) is 6.11. The van der Waals surface area contributed by atoms with Gasteiger partial charge in [0.1, 0.15) is 5.69 Å². The largest absolute Gasteiger partial charge is 0.384 e. The van der Waals surface area contributed by atoms with Crippen LogP contribution in [-0.2, 0) is 11.3 Å². The van der Waals surface area contributed by atoms with E-state index in [0.717, 1.165) is 11.0 Å². The number of amides is 1. The maximum Gasteiger partial charge on any atom is 0.267 e. The predicted octanol–water partition coefficient (Wildman–Crippen LogP) is 2.28. The number of nitrogens with one attached hydrogen (secondary N) is 1. The molecule has 0 saturated heterocycles. The quantitative estimate of drug-likeness (QED) is 0.876. The van der Waals surface area contributed by atoms with Crippen LogP contribution < -0.4 is 5.32 Å². The van der Waals surface area contributed by atoms with E-state index in [-0.39, 0.29) is 5.91 Å². The fourth-order valence-corrected chi connectivity index (χ4v) is 2.09. The molecule has 1 unspecified atom stereocenters. The number of halogens is 1. The Morgan fingerprint density at radius 3 is 2.94 bits per heavy atom. The lowest BCUT2D eigenvalue weighted by molar-refractivity contribution is 0.0925. The summed E-state index contributed by atoms with van der Waals surface area (Å²) in [7, 11) is 1.66. The Morgan fingerprint density at radius 2 is 2.35 bits per heavy atom. The summed E-state index contributed by atoms with van der Waals surface area (Å²) in [5, 5.41) is 2.91. The second kappa shape index (κ2) is 6.81. The van der Waals surface area contributed by atoms with Crippen LogP contribution in [0.15, 0.2) is 16.7 Å². The molecule has 5 heteroatoms. The highest BCUT2D eigenvalue weighted by atomic mass is 79.9. The Morgan fingerprint density at radius 1 is 1.65 bits per heavy atom. The van der Waals surface area contributed by atoms with Gasteiger partial charge in [-0.2, -0.15) is 0 Å². The Hall–Kier alpha value is -0.810. The summed E-state index contributed by atoms with van der Waals surface area (Å²) >= 11 is 3.38. The van der Waals surface area contributed by atoms with Crippen LogP contribution in [0.5, 0.6) is 0 Å². The van der Waals surface area contributed by atoms with Gasteiger partial charge in [0.05, 0.1) is 6.61 Å². The maximum absolute atomic E-state index is 12.0. The second-order valence-corrected chi connectivity index (χ2v) is 5.02. The van der Waals surface area contributed by atoms with Gasteiger partial charge >= 0.3 is 0 Å². The zero-order valence-electron chi connectivity index (χ0n) is 10.5. The first-order valence-corrected chi connectivity index (χ1v) is 6.50. The van der Waals surface area contributed by atoms with Gasteiger partial charge in [-0.15, -0.1) is 0 Å². The van der Waals surface area contributed by atoms with E-state index >= 15 is 0 Å². The molecule has 1 amide bonds. The van der Waals surface area contributed by atoms with Crippen molar-refractivity contribution in [2.24, 2.45) is 5.92 Å². The van der Waals surface area contributed by atoms with Gasteiger partial charge in [0.2, 0.25) is 0 Å². The molecule has 0 radical (unpaired) electrons. The molecule has 0 aliphatic heterocycles. The minimum Gasteiger partial charge on any atom is -0.384 e. The zero-order valence-corrected chi connectivity index (χ0v) is 12.1. The van der Waals surface area contributed by atoms with E-state index in [0.29, 0.717) is 24.8 Å². The number of aromatic nitrogens is 1. The summed E-state index contributed by atoms with van der Waals surface area (Å²) in [6, 6.07) is 1.83. The van der Waals surface area contributed by atoms with E-state index in [2.05, 4.69) is 21.2 Å². The molecule has 96 valence electrons. The van der Waals surface area contributed by atoms with Crippen LogP contribution in [0.1, 0.15) is 24.3 Å². The molecule has 1 rings (SSSR count). The van der Waals surface area contributed by atoms with Crippen molar-refractivity contribution >= 4 is 21.8 Å². The monoisotopic (exact) mass is 302 g/mol. The van der Waals surface area contributed by atoms with E-state index in [1.54, 1.807) is 7.11 Å². The van der Waals surface area contributed by atoms with Crippen molar-refractivity contribution in [1.82, 2.24) is 9.88 Å². The average molecular weight is 303 g/mol. The highest BCUT2D eigenvalue weighted by molar-refractivity contribution is 9.10. The van der Waals surface area contributed by atoms with Gasteiger partial charge in [0.15, 0.2) is 0 Å². The third kappa shape index (κ3) is 4.16. The van der Waals surface area contributed by atoms with Crippen LogP contribution in [-0.4, -0.2) is 30.7 Å². The van der Waals surface area contributed by atoms with Crippen molar-refractivity contribution in [3.8, 4) is 0 Å². The first-order valence-electron chi connectivity index (χ1n) is 5.71. The van der Waals surface area contributed by atoms with Crippen LogP contribution >= 0.6 is 15.9 Å². The molecule has 0 fully saturated rings. The molecule has 1 N–H and O–H groups in total. The molecule has 0 aliphatic carbocycles. The molecule has 1 aromatic heterocycles. The highest BCUT2D eigenvalue weighted by Crippen LogP contribution is 2.14. The SMILES string of the molecule is CCn1cc(Br)cc1C(=O)NCC(C)COC. The second-order valence-electron chi connectivity index (χ2n) is 4.10. The Kier molecular flexibility index (Phi) is 5.71. The van der Waals surface area contributed by atoms with E-state index in [1.165, 1.54) is 0 Å². The molecule has 0 bridgehead atoms. The first-order chi connectivity index (χ1) is 8.08. The topological polar surface area (TPSA) is 43.3 Å².